The van der Waals surface area contributed by atoms with E-state index in [1.54, 1.807) is 0 Å². The smallest absolute Gasteiger partial charge is 0.412 e. The van der Waals surface area contributed by atoms with E-state index >= 15 is 0 Å². The fourth-order valence-electron chi connectivity index (χ4n) is 0. The summed E-state index contributed by atoms with van der Waals surface area (Å²) >= 11 is 0. The second-order valence-corrected chi connectivity index (χ2v) is 0. The maximum Gasteiger partial charge on any atom is 2.00 e. The van der Waals surface area contributed by atoms with Gasteiger partial charge in [0.15, 0.2) is 0 Å². The van der Waals surface area contributed by atoms with Crippen molar-refractivity contribution in [3.05, 3.63) is 0 Å². The number of hydrogen-bond acceptors (Lipinski definition) is 0. The van der Waals surface area contributed by atoms with Crippen molar-refractivity contribution in [2.24, 2.45) is 0 Å². The van der Waals surface area contributed by atoms with Crippen LogP contribution in [0.2, 0.25) is 0 Å². The van der Waals surface area contributed by atoms with Crippen LogP contribution in [0.1, 0.15) is 0 Å². The Balaban J connectivity index is 0. The van der Waals surface area contributed by atoms with Crippen LogP contribution < -0.4 is 0 Å². The molecule has 0 saturated carbocycles. The Morgan fingerprint density at radius 1 is 0.500 bits per heavy atom. The van der Waals surface area contributed by atoms with E-state index in [-0.39, 0.29) is 35.9 Å². The minimum absolute atomic E-state index is 0. The second kappa shape index (κ2) is 86.6. The van der Waals surface area contributed by atoms with Gasteiger partial charge in [0.25, 0.3) is 0 Å². The van der Waals surface area contributed by atoms with Gasteiger partial charge in [-0.05, 0) is 0 Å². The molecule has 4 heteroatoms. The van der Waals surface area contributed by atoms with Gasteiger partial charge in [-0.3, -0.25) is 0 Å². The summed E-state index contributed by atoms with van der Waals surface area (Å²) in [6, 6.07) is 0. The molecule has 0 saturated heterocycles. The molecule has 0 bridgehead atoms. The van der Waals surface area contributed by atoms with Gasteiger partial charge in [0.05, 0.1) is 0 Å². The van der Waals surface area contributed by atoms with E-state index in [0.29, 0.717) is 0 Å². The molecule has 3 nitrogen and oxygen atoms in total. The molecule has 0 atom stereocenters. The van der Waals surface area contributed by atoms with Crippen molar-refractivity contribution in [2.75, 3.05) is 0 Å². The molecule has 4 heavy (non-hydrogen) atoms. The van der Waals surface area contributed by atoms with E-state index in [4.69, 9.17) is 0 Å². The average Bonchev–Trinajstić information content (AvgIpc) is 0. The van der Waals surface area contributed by atoms with Crippen LogP contribution in [0.15, 0.2) is 0 Å². The molecule has 0 aromatic rings. The van der Waals surface area contributed by atoms with E-state index in [2.05, 4.69) is 0 Å². The molecule has 1 radical (unpaired) electrons. The minimum atomic E-state index is 0. The standard InChI is InChI=1S/3H2O.Rh/h3*1H2;/q;;;+2. The minimum Gasteiger partial charge on any atom is -0.412 e. The second-order valence-electron chi connectivity index (χ2n) is 0. The summed E-state index contributed by atoms with van der Waals surface area (Å²) in [6.07, 6.45) is 0. The van der Waals surface area contributed by atoms with Crippen molar-refractivity contribution in [3.63, 3.8) is 0 Å². The van der Waals surface area contributed by atoms with E-state index in [0.717, 1.165) is 0 Å². The zero-order chi connectivity index (χ0) is 0. The van der Waals surface area contributed by atoms with Gasteiger partial charge in [-0.2, -0.15) is 0 Å². The molecule has 0 rings (SSSR count). The summed E-state index contributed by atoms with van der Waals surface area (Å²) in [5.74, 6) is 0. The van der Waals surface area contributed by atoms with Crippen LogP contribution in [0.5, 0.6) is 0 Å². The van der Waals surface area contributed by atoms with Gasteiger partial charge in [-0.25, -0.2) is 0 Å². The first-order valence-corrected chi connectivity index (χ1v) is 0. The molecule has 0 aromatic heterocycles. The zero-order valence-corrected chi connectivity index (χ0v) is 3.47. The summed E-state index contributed by atoms with van der Waals surface area (Å²) < 4.78 is 0. The Morgan fingerprint density at radius 2 is 0.500 bits per heavy atom. The van der Waals surface area contributed by atoms with Crippen molar-refractivity contribution >= 4 is 0 Å². The molecule has 0 amide bonds. The van der Waals surface area contributed by atoms with Gasteiger partial charge < -0.3 is 16.4 Å². The quantitative estimate of drug-likeness (QED) is 0.348. The van der Waals surface area contributed by atoms with Crippen molar-refractivity contribution in [1.82, 2.24) is 0 Å². The molecule has 0 spiro atoms. The van der Waals surface area contributed by atoms with Gasteiger partial charge in [0.2, 0.25) is 0 Å². The molecule has 0 aliphatic rings. The summed E-state index contributed by atoms with van der Waals surface area (Å²) in [7, 11) is 0. The Hall–Kier alpha value is 0.503. The third-order valence-electron chi connectivity index (χ3n) is 0. The van der Waals surface area contributed by atoms with Crippen LogP contribution in [0.3, 0.4) is 0 Å². The van der Waals surface area contributed by atoms with Gasteiger partial charge in [0, 0.05) is 0 Å². The van der Waals surface area contributed by atoms with Crippen LogP contribution in [0, 0.1) is 0 Å². The predicted octanol–water partition coefficient (Wildman–Crippen LogP) is -2.48. The van der Waals surface area contributed by atoms with Crippen molar-refractivity contribution in [3.8, 4) is 0 Å². The Labute approximate surface area is 36.7 Å². The first-order chi connectivity index (χ1) is 0. The van der Waals surface area contributed by atoms with Crippen LogP contribution in [0.25, 0.3) is 0 Å². The topological polar surface area (TPSA) is 94.5 Å². The first-order valence-electron chi connectivity index (χ1n) is 0. The molecular formula is H6O3Rh+2. The van der Waals surface area contributed by atoms with Gasteiger partial charge in [-0.1, -0.05) is 0 Å². The van der Waals surface area contributed by atoms with Crippen molar-refractivity contribution < 1.29 is 35.9 Å². The number of rotatable bonds is 0. The van der Waals surface area contributed by atoms with E-state index in [9.17, 15) is 0 Å². The summed E-state index contributed by atoms with van der Waals surface area (Å²) in [6.45, 7) is 0. The SMILES string of the molecule is O.O.O.[Rh+2]. The fraction of sp³-hybridized carbons (Fsp3) is 0. The molecule has 0 fully saturated rings. The summed E-state index contributed by atoms with van der Waals surface area (Å²) in [5, 5.41) is 0. The molecular weight excluding hydrogens is 151 g/mol. The zero-order valence-electron chi connectivity index (χ0n) is 1.83. The number of hydrogen-bond donors (Lipinski definition) is 0. The summed E-state index contributed by atoms with van der Waals surface area (Å²) in [4.78, 5) is 0. The Morgan fingerprint density at radius 3 is 0.500 bits per heavy atom. The van der Waals surface area contributed by atoms with Gasteiger partial charge in [0.1, 0.15) is 0 Å². The van der Waals surface area contributed by atoms with E-state index in [1.807, 2.05) is 0 Å². The van der Waals surface area contributed by atoms with Crippen molar-refractivity contribution in [2.45, 2.75) is 0 Å². The van der Waals surface area contributed by atoms with Gasteiger partial charge >= 0.3 is 19.5 Å². The molecule has 6 N–H and O–H groups in total. The Bertz CT molecular complexity index is 3.25. The third-order valence-corrected chi connectivity index (χ3v) is 0. The van der Waals surface area contributed by atoms with Crippen LogP contribution in [-0.2, 0) is 19.5 Å². The molecule has 0 aliphatic carbocycles. The predicted molar refractivity (Wildman–Crippen MR) is 10.8 cm³/mol. The van der Waals surface area contributed by atoms with E-state index < -0.39 is 0 Å². The van der Waals surface area contributed by atoms with Gasteiger partial charge in [-0.15, -0.1) is 0 Å². The van der Waals surface area contributed by atoms with Crippen LogP contribution >= 0.6 is 0 Å². The largest absolute Gasteiger partial charge is 2.00 e. The Kier molecular flexibility index (Phi) is 4730. The van der Waals surface area contributed by atoms with Crippen LogP contribution in [-0.4, -0.2) is 16.4 Å². The average molecular weight is 157 g/mol. The third kappa shape index (κ3) is 22.3. The van der Waals surface area contributed by atoms with Crippen LogP contribution in [0.4, 0.5) is 0 Å². The van der Waals surface area contributed by atoms with Crippen molar-refractivity contribution in [1.29, 1.82) is 0 Å². The summed E-state index contributed by atoms with van der Waals surface area (Å²) in [5.41, 5.74) is 0. The molecule has 0 heterocycles. The fourth-order valence-corrected chi connectivity index (χ4v) is 0. The monoisotopic (exact) mass is 157 g/mol. The maximum absolute atomic E-state index is 0. The normalized spacial score (nSPS) is 0. The molecule has 0 aromatic carbocycles. The maximum atomic E-state index is 0. The molecule has 31 valence electrons. The van der Waals surface area contributed by atoms with E-state index in [1.165, 1.54) is 0 Å². The molecule has 0 unspecified atom stereocenters. The molecule has 0 aliphatic heterocycles. The first kappa shape index (κ1) is 218.